The largest absolute Gasteiger partial charge is 0.497 e. The normalized spacial score (nSPS) is 12.2. The standard InChI is InChI=1S/C27H19N5O3S/c1-34-21-12-9-18(10-13-21)11-14-24-28-27-32(29-24)26(33)23(36-27)16-19-17-31(20-6-3-2-4-7-20)30-25(19)22-8-5-15-35-22/h2-17H,1H3. The first-order valence-electron chi connectivity index (χ1n) is 11.1. The number of hydrogen-bond acceptors (Lipinski definition) is 7. The zero-order chi connectivity index (χ0) is 24.5. The summed E-state index contributed by atoms with van der Waals surface area (Å²) in [4.78, 5) is 18.1. The van der Waals surface area contributed by atoms with E-state index in [1.165, 1.54) is 15.9 Å². The summed E-state index contributed by atoms with van der Waals surface area (Å²) in [7, 11) is 1.63. The first-order valence-corrected chi connectivity index (χ1v) is 11.9. The van der Waals surface area contributed by atoms with E-state index in [0.29, 0.717) is 26.8 Å². The molecule has 4 aromatic heterocycles. The molecule has 0 fully saturated rings. The van der Waals surface area contributed by atoms with Crippen molar-refractivity contribution in [1.29, 1.82) is 0 Å². The second kappa shape index (κ2) is 9.12. The van der Waals surface area contributed by atoms with Crippen LogP contribution >= 0.6 is 11.3 Å². The number of furan rings is 1. The molecule has 2 aromatic carbocycles. The molecule has 0 saturated carbocycles. The van der Waals surface area contributed by atoms with Crippen LogP contribution < -0.4 is 14.8 Å². The number of benzene rings is 2. The third kappa shape index (κ3) is 4.12. The van der Waals surface area contributed by atoms with Crippen LogP contribution in [0, 0.1) is 0 Å². The van der Waals surface area contributed by atoms with Crippen molar-refractivity contribution in [3.63, 3.8) is 0 Å². The number of rotatable bonds is 6. The van der Waals surface area contributed by atoms with Gasteiger partial charge in [-0.1, -0.05) is 47.7 Å². The van der Waals surface area contributed by atoms with Crippen LogP contribution in [-0.4, -0.2) is 31.5 Å². The van der Waals surface area contributed by atoms with Crippen LogP contribution in [0.2, 0.25) is 0 Å². The molecule has 0 atom stereocenters. The predicted molar refractivity (Wildman–Crippen MR) is 139 cm³/mol. The van der Waals surface area contributed by atoms with Crippen LogP contribution in [0.1, 0.15) is 17.0 Å². The fourth-order valence-electron chi connectivity index (χ4n) is 3.76. The van der Waals surface area contributed by atoms with E-state index in [2.05, 4.69) is 10.1 Å². The average molecular weight is 494 g/mol. The van der Waals surface area contributed by atoms with Crippen LogP contribution in [0.3, 0.4) is 0 Å². The van der Waals surface area contributed by atoms with Crippen molar-refractivity contribution < 1.29 is 9.15 Å². The minimum Gasteiger partial charge on any atom is -0.497 e. The minimum absolute atomic E-state index is 0.232. The molecule has 8 nitrogen and oxygen atoms in total. The Bertz CT molecular complexity index is 1780. The van der Waals surface area contributed by atoms with Gasteiger partial charge in [0.1, 0.15) is 11.4 Å². The van der Waals surface area contributed by atoms with E-state index < -0.39 is 0 Å². The van der Waals surface area contributed by atoms with E-state index in [9.17, 15) is 4.79 Å². The SMILES string of the molecule is COc1ccc(C=Cc2nc3sc(=Cc4cn(-c5ccccc5)nc4-c4ccco4)c(=O)n3n2)cc1. The minimum atomic E-state index is -0.232. The summed E-state index contributed by atoms with van der Waals surface area (Å²) in [5.41, 5.74) is 3.05. The lowest BCUT2D eigenvalue weighted by atomic mass is 10.2. The molecule has 0 radical (unpaired) electrons. The van der Waals surface area contributed by atoms with Crippen LogP contribution in [-0.2, 0) is 0 Å². The summed E-state index contributed by atoms with van der Waals surface area (Å²) in [5.74, 6) is 1.87. The molecular weight excluding hydrogens is 474 g/mol. The maximum atomic E-state index is 13.1. The Balaban J connectivity index is 1.37. The fraction of sp³-hybridized carbons (Fsp3) is 0.0370. The van der Waals surface area contributed by atoms with Crippen molar-refractivity contribution in [3.8, 4) is 22.9 Å². The highest BCUT2D eigenvalue weighted by molar-refractivity contribution is 7.15. The van der Waals surface area contributed by atoms with Gasteiger partial charge in [0.15, 0.2) is 11.6 Å². The molecule has 0 bridgehead atoms. The number of para-hydroxylation sites is 1. The molecule has 0 unspecified atom stereocenters. The predicted octanol–water partition coefficient (Wildman–Crippen LogP) is 4.32. The molecular formula is C27H19N5O3S. The van der Waals surface area contributed by atoms with Gasteiger partial charge in [-0.05, 0) is 54.1 Å². The van der Waals surface area contributed by atoms with Gasteiger partial charge in [-0.15, -0.1) is 5.10 Å². The van der Waals surface area contributed by atoms with Gasteiger partial charge >= 0.3 is 0 Å². The van der Waals surface area contributed by atoms with Crippen molar-refractivity contribution in [2.45, 2.75) is 0 Å². The van der Waals surface area contributed by atoms with Gasteiger partial charge < -0.3 is 9.15 Å². The Kier molecular flexibility index (Phi) is 5.51. The lowest BCUT2D eigenvalue weighted by Crippen LogP contribution is -2.23. The molecule has 0 aliphatic rings. The van der Waals surface area contributed by atoms with Crippen LogP contribution in [0.4, 0.5) is 0 Å². The number of methoxy groups -OCH3 is 1. The van der Waals surface area contributed by atoms with Crippen LogP contribution in [0.15, 0.2) is 88.4 Å². The summed E-state index contributed by atoms with van der Waals surface area (Å²) in [6, 6.07) is 21.1. The van der Waals surface area contributed by atoms with E-state index in [1.807, 2.05) is 79.0 Å². The second-order valence-corrected chi connectivity index (χ2v) is 8.89. The highest BCUT2D eigenvalue weighted by Crippen LogP contribution is 2.25. The lowest BCUT2D eigenvalue weighted by Gasteiger charge is -1.98. The molecule has 0 aliphatic heterocycles. The van der Waals surface area contributed by atoms with Gasteiger partial charge in [0.05, 0.1) is 23.6 Å². The average Bonchev–Trinajstić information content (AvgIpc) is 3.70. The Hall–Kier alpha value is -4.76. The molecule has 0 aliphatic carbocycles. The highest BCUT2D eigenvalue weighted by atomic mass is 32.1. The highest BCUT2D eigenvalue weighted by Gasteiger charge is 2.15. The van der Waals surface area contributed by atoms with Gasteiger partial charge in [0.2, 0.25) is 4.96 Å². The number of aromatic nitrogens is 5. The molecule has 0 amide bonds. The summed E-state index contributed by atoms with van der Waals surface area (Å²) in [6.45, 7) is 0. The molecule has 0 saturated heterocycles. The van der Waals surface area contributed by atoms with Gasteiger partial charge in [-0.3, -0.25) is 4.79 Å². The van der Waals surface area contributed by atoms with E-state index in [-0.39, 0.29) is 5.56 Å². The fourth-order valence-corrected chi connectivity index (χ4v) is 4.66. The monoisotopic (exact) mass is 493 g/mol. The smallest absolute Gasteiger partial charge is 0.291 e. The Morgan fingerprint density at radius 2 is 1.81 bits per heavy atom. The molecule has 36 heavy (non-hydrogen) atoms. The van der Waals surface area contributed by atoms with E-state index >= 15 is 0 Å². The van der Waals surface area contributed by atoms with Gasteiger partial charge in [-0.25, -0.2) is 4.68 Å². The van der Waals surface area contributed by atoms with Crippen molar-refractivity contribution in [1.82, 2.24) is 24.4 Å². The number of ether oxygens (including phenoxy) is 1. The topological polar surface area (TPSA) is 87.5 Å². The molecule has 4 heterocycles. The maximum absolute atomic E-state index is 13.1. The number of hydrogen-bond donors (Lipinski definition) is 0. The Morgan fingerprint density at radius 3 is 2.53 bits per heavy atom. The molecule has 6 aromatic rings. The van der Waals surface area contributed by atoms with E-state index in [0.717, 1.165) is 22.6 Å². The quantitative estimate of drug-likeness (QED) is 0.343. The number of nitrogens with zero attached hydrogens (tertiary/aromatic N) is 5. The van der Waals surface area contributed by atoms with Crippen molar-refractivity contribution in [2.24, 2.45) is 0 Å². The second-order valence-electron chi connectivity index (χ2n) is 7.88. The molecule has 6 rings (SSSR count). The lowest BCUT2D eigenvalue weighted by molar-refractivity contribution is 0.415. The summed E-state index contributed by atoms with van der Waals surface area (Å²) >= 11 is 1.28. The maximum Gasteiger partial charge on any atom is 0.291 e. The van der Waals surface area contributed by atoms with Crippen molar-refractivity contribution in [2.75, 3.05) is 7.11 Å². The van der Waals surface area contributed by atoms with Crippen LogP contribution in [0.5, 0.6) is 5.75 Å². The zero-order valence-electron chi connectivity index (χ0n) is 19.1. The number of fused-ring (bicyclic) bond motifs is 1. The third-order valence-electron chi connectivity index (χ3n) is 5.54. The third-order valence-corrected chi connectivity index (χ3v) is 6.50. The molecule has 0 spiro atoms. The summed E-state index contributed by atoms with van der Waals surface area (Å²) < 4.78 is 14.4. The molecule has 9 heteroatoms. The van der Waals surface area contributed by atoms with Crippen molar-refractivity contribution in [3.05, 3.63) is 111 Å². The molecule has 0 N–H and O–H groups in total. The zero-order valence-corrected chi connectivity index (χ0v) is 19.9. The molecule has 176 valence electrons. The van der Waals surface area contributed by atoms with Crippen molar-refractivity contribution >= 4 is 34.5 Å². The Labute approximate surface area is 209 Å². The first kappa shape index (κ1) is 21.8. The van der Waals surface area contributed by atoms with E-state index in [4.69, 9.17) is 14.3 Å². The summed E-state index contributed by atoms with van der Waals surface area (Å²) in [5, 5.41) is 9.09. The van der Waals surface area contributed by atoms with Gasteiger partial charge in [0.25, 0.3) is 5.56 Å². The number of thiazole rings is 1. The van der Waals surface area contributed by atoms with Gasteiger partial charge in [0, 0.05) is 11.8 Å². The summed E-state index contributed by atoms with van der Waals surface area (Å²) in [6.07, 6.45) is 8.96. The first-order chi connectivity index (χ1) is 17.7. The van der Waals surface area contributed by atoms with Gasteiger partial charge in [-0.2, -0.15) is 14.6 Å². The van der Waals surface area contributed by atoms with Crippen LogP contribution in [0.25, 0.3) is 40.3 Å². The van der Waals surface area contributed by atoms with E-state index in [1.54, 1.807) is 30.2 Å². The Morgan fingerprint density at radius 1 is 0.972 bits per heavy atom.